The maximum atomic E-state index is 13.7. The fourth-order valence-electron chi connectivity index (χ4n) is 2.38. The molecule has 150 valence electrons. The molecule has 0 radical (unpaired) electrons. The first-order valence-corrected chi connectivity index (χ1v) is 8.39. The van der Waals surface area contributed by atoms with E-state index < -0.39 is 53.5 Å². The standard InChI is InChI=1S/C18H19F2N3O5/c1-9(2)6-12(18(26)27)22-14(24)7-21-16(25)13-8-28-17(23-13)15-10(19)4-3-5-11(15)20/h3-5,8-9,12H,6-7H2,1-2H3,(H,21,25)(H,22,24)(H,26,27)/t12-/m0/s1. The number of aromatic nitrogens is 1. The summed E-state index contributed by atoms with van der Waals surface area (Å²) in [5.74, 6) is -4.89. The lowest BCUT2D eigenvalue weighted by Gasteiger charge is -2.16. The number of benzene rings is 1. The van der Waals surface area contributed by atoms with Gasteiger partial charge < -0.3 is 20.2 Å². The highest BCUT2D eigenvalue weighted by molar-refractivity contribution is 5.95. The van der Waals surface area contributed by atoms with E-state index in [9.17, 15) is 23.2 Å². The maximum Gasteiger partial charge on any atom is 0.326 e. The van der Waals surface area contributed by atoms with Crippen LogP contribution in [0, 0.1) is 17.6 Å². The van der Waals surface area contributed by atoms with Crippen LogP contribution in [-0.2, 0) is 9.59 Å². The second kappa shape index (κ2) is 9.07. The molecule has 8 nitrogen and oxygen atoms in total. The average Bonchev–Trinajstić information content (AvgIpc) is 3.08. The van der Waals surface area contributed by atoms with E-state index in [1.54, 1.807) is 0 Å². The largest absolute Gasteiger partial charge is 0.480 e. The fraction of sp³-hybridized carbons (Fsp3) is 0.333. The summed E-state index contributed by atoms with van der Waals surface area (Å²) in [7, 11) is 0. The zero-order valence-corrected chi connectivity index (χ0v) is 15.2. The number of carboxylic acid groups (broad SMARTS) is 1. The molecule has 0 saturated heterocycles. The summed E-state index contributed by atoms with van der Waals surface area (Å²) in [4.78, 5) is 38.8. The summed E-state index contributed by atoms with van der Waals surface area (Å²) in [6.07, 6.45) is 1.13. The molecule has 0 aliphatic heterocycles. The molecule has 0 unspecified atom stereocenters. The first kappa shape index (κ1) is 21.0. The van der Waals surface area contributed by atoms with Gasteiger partial charge in [0.15, 0.2) is 5.69 Å². The number of carboxylic acids is 1. The molecule has 1 aromatic heterocycles. The number of aliphatic carboxylic acids is 1. The molecule has 0 spiro atoms. The molecular weight excluding hydrogens is 376 g/mol. The Balaban J connectivity index is 1.98. The van der Waals surface area contributed by atoms with Crippen molar-refractivity contribution in [2.45, 2.75) is 26.3 Å². The van der Waals surface area contributed by atoms with Crippen LogP contribution in [0.3, 0.4) is 0 Å². The van der Waals surface area contributed by atoms with Crippen molar-refractivity contribution in [3.05, 3.63) is 41.8 Å². The molecule has 1 heterocycles. The zero-order valence-electron chi connectivity index (χ0n) is 15.2. The number of nitrogens with zero attached hydrogens (tertiary/aromatic N) is 1. The summed E-state index contributed by atoms with van der Waals surface area (Å²) < 4.78 is 32.4. The zero-order chi connectivity index (χ0) is 20.8. The molecule has 1 atom stereocenters. The predicted octanol–water partition coefficient (Wildman–Crippen LogP) is 1.97. The van der Waals surface area contributed by atoms with Crippen LogP contribution in [0.1, 0.15) is 30.8 Å². The normalized spacial score (nSPS) is 11.9. The summed E-state index contributed by atoms with van der Waals surface area (Å²) in [6, 6.07) is 2.13. The molecule has 0 bridgehead atoms. The van der Waals surface area contributed by atoms with E-state index in [0.29, 0.717) is 0 Å². The summed E-state index contributed by atoms with van der Waals surface area (Å²) in [5.41, 5.74) is -0.806. The number of rotatable bonds is 8. The van der Waals surface area contributed by atoms with Crippen LogP contribution >= 0.6 is 0 Å². The quantitative estimate of drug-likeness (QED) is 0.628. The van der Waals surface area contributed by atoms with E-state index in [1.165, 1.54) is 6.07 Å². The second-order valence-corrected chi connectivity index (χ2v) is 6.41. The lowest BCUT2D eigenvalue weighted by Crippen LogP contribution is -2.46. The van der Waals surface area contributed by atoms with Gasteiger partial charge in [-0.3, -0.25) is 9.59 Å². The number of oxazole rings is 1. The van der Waals surface area contributed by atoms with Crippen molar-refractivity contribution in [1.82, 2.24) is 15.6 Å². The van der Waals surface area contributed by atoms with Crippen molar-refractivity contribution >= 4 is 17.8 Å². The molecule has 2 aromatic rings. The molecule has 1 aromatic carbocycles. The van der Waals surface area contributed by atoms with Crippen molar-refractivity contribution in [3.8, 4) is 11.5 Å². The Hall–Kier alpha value is -3.30. The monoisotopic (exact) mass is 395 g/mol. The van der Waals surface area contributed by atoms with Crippen LogP contribution in [0.4, 0.5) is 8.78 Å². The summed E-state index contributed by atoms with van der Waals surface area (Å²) >= 11 is 0. The van der Waals surface area contributed by atoms with E-state index in [-0.39, 0.29) is 18.0 Å². The number of carbonyl (C=O) groups is 3. The lowest BCUT2D eigenvalue weighted by atomic mass is 10.0. The maximum absolute atomic E-state index is 13.7. The molecule has 28 heavy (non-hydrogen) atoms. The molecule has 3 N–H and O–H groups in total. The Kier molecular flexibility index (Phi) is 6.80. The van der Waals surface area contributed by atoms with Crippen LogP contribution in [-0.4, -0.2) is 40.5 Å². The van der Waals surface area contributed by atoms with Crippen LogP contribution in [0.15, 0.2) is 28.9 Å². The third-order valence-electron chi connectivity index (χ3n) is 3.66. The lowest BCUT2D eigenvalue weighted by molar-refractivity contribution is -0.142. The number of halogens is 2. The molecule has 0 aliphatic carbocycles. The SMILES string of the molecule is CC(C)C[C@H](NC(=O)CNC(=O)c1coc(-c2c(F)cccc2F)n1)C(=O)O. The highest BCUT2D eigenvalue weighted by atomic mass is 19.1. The van der Waals surface area contributed by atoms with Crippen molar-refractivity contribution < 1.29 is 32.7 Å². The van der Waals surface area contributed by atoms with Crippen LogP contribution in [0.25, 0.3) is 11.5 Å². The van der Waals surface area contributed by atoms with Gasteiger partial charge in [-0.1, -0.05) is 19.9 Å². The molecular formula is C18H19F2N3O5. The van der Waals surface area contributed by atoms with Crippen molar-refractivity contribution in [2.24, 2.45) is 5.92 Å². The van der Waals surface area contributed by atoms with Crippen molar-refractivity contribution in [2.75, 3.05) is 6.54 Å². The van der Waals surface area contributed by atoms with Crippen LogP contribution in [0.5, 0.6) is 0 Å². The minimum absolute atomic E-state index is 0.0447. The number of carbonyl (C=O) groups excluding carboxylic acids is 2. The van der Waals surface area contributed by atoms with Gasteiger partial charge in [-0.15, -0.1) is 0 Å². The Bertz CT molecular complexity index is 862. The van der Waals surface area contributed by atoms with E-state index in [0.717, 1.165) is 18.4 Å². The highest BCUT2D eigenvalue weighted by Gasteiger charge is 2.22. The smallest absolute Gasteiger partial charge is 0.326 e. The van der Waals surface area contributed by atoms with Gasteiger partial charge in [-0.25, -0.2) is 18.6 Å². The third kappa shape index (κ3) is 5.35. The third-order valence-corrected chi connectivity index (χ3v) is 3.66. The Morgan fingerprint density at radius 3 is 2.43 bits per heavy atom. The summed E-state index contributed by atoms with van der Waals surface area (Å²) in [6.45, 7) is 3.12. The van der Waals surface area contributed by atoms with Gasteiger partial charge in [0.05, 0.1) is 6.54 Å². The van der Waals surface area contributed by atoms with E-state index in [4.69, 9.17) is 9.52 Å². The molecule has 0 fully saturated rings. The Labute approximate surface area is 158 Å². The van der Waals surface area contributed by atoms with Gasteiger partial charge in [-0.2, -0.15) is 0 Å². The molecule has 10 heteroatoms. The van der Waals surface area contributed by atoms with Gasteiger partial charge in [-0.05, 0) is 24.5 Å². The average molecular weight is 395 g/mol. The van der Waals surface area contributed by atoms with E-state index in [1.807, 2.05) is 13.8 Å². The predicted molar refractivity (Wildman–Crippen MR) is 93.2 cm³/mol. The first-order valence-electron chi connectivity index (χ1n) is 8.39. The van der Waals surface area contributed by atoms with Crippen molar-refractivity contribution in [1.29, 1.82) is 0 Å². The topological polar surface area (TPSA) is 122 Å². The minimum atomic E-state index is -1.18. The van der Waals surface area contributed by atoms with Gasteiger partial charge in [0.25, 0.3) is 5.91 Å². The number of hydrogen-bond donors (Lipinski definition) is 3. The van der Waals surface area contributed by atoms with E-state index in [2.05, 4.69) is 15.6 Å². The molecule has 0 aliphatic rings. The summed E-state index contributed by atoms with van der Waals surface area (Å²) in [5, 5.41) is 13.6. The number of hydrogen-bond acceptors (Lipinski definition) is 5. The minimum Gasteiger partial charge on any atom is -0.480 e. The van der Waals surface area contributed by atoms with Gasteiger partial charge in [0, 0.05) is 0 Å². The van der Waals surface area contributed by atoms with Gasteiger partial charge in [0.2, 0.25) is 11.8 Å². The second-order valence-electron chi connectivity index (χ2n) is 6.41. The van der Waals surface area contributed by atoms with Crippen LogP contribution < -0.4 is 10.6 Å². The Morgan fingerprint density at radius 1 is 1.21 bits per heavy atom. The molecule has 0 saturated carbocycles. The van der Waals surface area contributed by atoms with Gasteiger partial charge in [0.1, 0.15) is 29.5 Å². The van der Waals surface area contributed by atoms with Gasteiger partial charge >= 0.3 is 5.97 Å². The highest BCUT2D eigenvalue weighted by Crippen LogP contribution is 2.25. The Morgan fingerprint density at radius 2 is 1.86 bits per heavy atom. The number of nitrogens with one attached hydrogen (secondary N) is 2. The van der Waals surface area contributed by atoms with Crippen molar-refractivity contribution in [3.63, 3.8) is 0 Å². The van der Waals surface area contributed by atoms with Crippen LogP contribution in [0.2, 0.25) is 0 Å². The molecule has 2 rings (SSSR count). The molecule has 2 amide bonds. The number of amides is 2. The van der Waals surface area contributed by atoms with E-state index >= 15 is 0 Å². The fourth-order valence-corrected chi connectivity index (χ4v) is 2.38. The first-order chi connectivity index (χ1) is 13.2.